The fraction of sp³-hybridized carbons (Fsp3) is 0.214. The van der Waals surface area contributed by atoms with Crippen molar-refractivity contribution in [2.45, 2.75) is 0 Å². The molecule has 0 aliphatic rings. The van der Waals surface area contributed by atoms with E-state index in [1.807, 2.05) is 48.3 Å². The SMILES string of the molecule is CN(CCOc1ccc(N)cc1)c1ccc(N)cn1. The molecule has 0 aliphatic carbocycles. The van der Waals surface area contributed by atoms with Crippen LogP contribution >= 0.6 is 0 Å². The van der Waals surface area contributed by atoms with Crippen molar-refractivity contribution in [3.63, 3.8) is 0 Å². The summed E-state index contributed by atoms with van der Waals surface area (Å²) >= 11 is 0. The molecule has 19 heavy (non-hydrogen) atoms. The van der Waals surface area contributed by atoms with E-state index >= 15 is 0 Å². The fourth-order valence-corrected chi connectivity index (χ4v) is 1.60. The summed E-state index contributed by atoms with van der Waals surface area (Å²) in [5.41, 5.74) is 12.6. The molecule has 0 saturated carbocycles. The lowest BCUT2D eigenvalue weighted by atomic mass is 10.3. The van der Waals surface area contributed by atoms with E-state index in [2.05, 4.69) is 4.98 Å². The molecule has 0 radical (unpaired) electrons. The van der Waals surface area contributed by atoms with Crippen molar-refractivity contribution >= 4 is 17.2 Å². The highest BCUT2D eigenvalue weighted by Crippen LogP contribution is 2.14. The Hall–Kier alpha value is -2.43. The molecular formula is C14H18N4O. The summed E-state index contributed by atoms with van der Waals surface area (Å²) in [6.45, 7) is 1.31. The number of rotatable bonds is 5. The van der Waals surface area contributed by atoms with Gasteiger partial charge < -0.3 is 21.1 Å². The number of ether oxygens (including phenoxy) is 1. The monoisotopic (exact) mass is 258 g/mol. The number of pyridine rings is 1. The Bertz CT molecular complexity index is 510. The molecule has 0 aliphatic heterocycles. The summed E-state index contributed by atoms with van der Waals surface area (Å²) in [5, 5.41) is 0. The second kappa shape index (κ2) is 5.95. The highest BCUT2D eigenvalue weighted by molar-refractivity contribution is 5.45. The maximum atomic E-state index is 5.63. The first-order chi connectivity index (χ1) is 9.15. The molecule has 0 spiro atoms. The van der Waals surface area contributed by atoms with Gasteiger partial charge in [-0.2, -0.15) is 0 Å². The number of hydrogen-bond donors (Lipinski definition) is 2. The van der Waals surface area contributed by atoms with Gasteiger partial charge in [0, 0.05) is 12.7 Å². The minimum atomic E-state index is 0.576. The molecule has 2 aromatic rings. The van der Waals surface area contributed by atoms with Gasteiger partial charge in [0.1, 0.15) is 18.2 Å². The first-order valence-corrected chi connectivity index (χ1v) is 6.06. The molecule has 0 bridgehead atoms. The van der Waals surface area contributed by atoms with Crippen molar-refractivity contribution in [2.24, 2.45) is 0 Å². The van der Waals surface area contributed by atoms with Crippen molar-refractivity contribution in [3.8, 4) is 5.75 Å². The van der Waals surface area contributed by atoms with Crippen LogP contribution < -0.4 is 21.1 Å². The van der Waals surface area contributed by atoms with Crippen LogP contribution in [-0.4, -0.2) is 25.2 Å². The quantitative estimate of drug-likeness (QED) is 0.799. The number of nitrogen functional groups attached to an aromatic ring is 2. The Balaban J connectivity index is 1.82. The summed E-state index contributed by atoms with van der Waals surface area (Å²) in [6, 6.07) is 11.1. The summed E-state index contributed by atoms with van der Waals surface area (Å²) in [7, 11) is 1.96. The van der Waals surface area contributed by atoms with Gasteiger partial charge in [-0.05, 0) is 36.4 Å². The van der Waals surface area contributed by atoms with E-state index in [0.29, 0.717) is 12.3 Å². The van der Waals surface area contributed by atoms with Crippen LogP contribution in [0.5, 0.6) is 5.75 Å². The third-order valence-electron chi connectivity index (χ3n) is 2.74. The first-order valence-electron chi connectivity index (χ1n) is 6.06. The third-order valence-corrected chi connectivity index (χ3v) is 2.74. The molecule has 0 amide bonds. The molecule has 1 aromatic heterocycles. The number of nitrogens with zero attached hydrogens (tertiary/aromatic N) is 2. The molecule has 5 heteroatoms. The van der Waals surface area contributed by atoms with Crippen molar-refractivity contribution in [2.75, 3.05) is 36.6 Å². The van der Waals surface area contributed by atoms with Gasteiger partial charge in [-0.25, -0.2) is 4.98 Å². The average molecular weight is 258 g/mol. The van der Waals surface area contributed by atoms with E-state index in [4.69, 9.17) is 16.2 Å². The normalized spacial score (nSPS) is 10.2. The van der Waals surface area contributed by atoms with Crippen LogP contribution in [0.3, 0.4) is 0 Å². The van der Waals surface area contributed by atoms with Crippen LogP contribution in [0.4, 0.5) is 17.2 Å². The lowest BCUT2D eigenvalue weighted by Crippen LogP contribution is -2.24. The highest BCUT2D eigenvalue weighted by Gasteiger charge is 2.02. The molecule has 0 fully saturated rings. The maximum Gasteiger partial charge on any atom is 0.128 e. The van der Waals surface area contributed by atoms with Gasteiger partial charge in [0.2, 0.25) is 0 Å². The van der Waals surface area contributed by atoms with E-state index in [9.17, 15) is 0 Å². The summed E-state index contributed by atoms with van der Waals surface area (Å²) in [5.74, 6) is 1.68. The zero-order valence-corrected chi connectivity index (χ0v) is 10.9. The van der Waals surface area contributed by atoms with Crippen LogP contribution in [0.15, 0.2) is 42.6 Å². The van der Waals surface area contributed by atoms with E-state index < -0.39 is 0 Å². The lowest BCUT2D eigenvalue weighted by Gasteiger charge is -2.18. The molecule has 0 atom stereocenters. The highest BCUT2D eigenvalue weighted by atomic mass is 16.5. The second-order valence-electron chi connectivity index (χ2n) is 4.29. The van der Waals surface area contributed by atoms with Crippen molar-refractivity contribution < 1.29 is 4.74 Å². The molecule has 1 heterocycles. The molecule has 2 rings (SSSR count). The minimum absolute atomic E-state index is 0.576. The molecular weight excluding hydrogens is 240 g/mol. The predicted molar refractivity (Wildman–Crippen MR) is 78.3 cm³/mol. The number of aromatic nitrogens is 1. The number of nitrogens with two attached hydrogens (primary N) is 2. The van der Waals surface area contributed by atoms with Crippen LogP contribution in [0, 0.1) is 0 Å². The average Bonchev–Trinajstić information content (AvgIpc) is 2.41. The summed E-state index contributed by atoms with van der Waals surface area (Å²) in [6.07, 6.45) is 1.65. The molecule has 0 saturated heterocycles. The molecule has 1 aromatic carbocycles. The standard InChI is InChI=1S/C14H18N4O/c1-18(14-7-4-12(16)10-17-14)8-9-19-13-5-2-11(15)3-6-13/h2-7,10H,8-9,15-16H2,1H3. The smallest absolute Gasteiger partial charge is 0.128 e. The largest absolute Gasteiger partial charge is 0.492 e. The van der Waals surface area contributed by atoms with Gasteiger partial charge in [-0.15, -0.1) is 0 Å². The predicted octanol–water partition coefficient (Wildman–Crippen LogP) is 1.76. The molecule has 4 N–H and O–H groups in total. The number of likely N-dealkylation sites (N-methyl/N-ethyl adjacent to an activating group) is 1. The Morgan fingerprint density at radius 2 is 1.74 bits per heavy atom. The number of benzene rings is 1. The first kappa shape index (κ1) is 13.0. The Morgan fingerprint density at radius 3 is 2.37 bits per heavy atom. The zero-order valence-electron chi connectivity index (χ0n) is 10.9. The van der Waals surface area contributed by atoms with Crippen molar-refractivity contribution in [1.82, 2.24) is 4.98 Å². The van der Waals surface area contributed by atoms with Crippen molar-refractivity contribution in [3.05, 3.63) is 42.6 Å². The fourth-order valence-electron chi connectivity index (χ4n) is 1.60. The molecule has 0 unspecified atom stereocenters. The Labute approximate surface area is 112 Å². The second-order valence-corrected chi connectivity index (χ2v) is 4.29. The van der Waals surface area contributed by atoms with Gasteiger partial charge in [-0.1, -0.05) is 0 Å². The van der Waals surface area contributed by atoms with E-state index in [1.54, 1.807) is 6.20 Å². The van der Waals surface area contributed by atoms with Gasteiger partial charge in [-0.3, -0.25) is 0 Å². The van der Waals surface area contributed by atoms with Gasteiger partial charge in [0.25, 0.3) is 0 Å². The Kier molecular flexibility index (Phi) is 4.07. The molecule has 5 nitrogen and oxygen atoms in total. The maximum absolute atomic E-state index is 5.63. The zero-order chi connectivity index (χ0) is 13.7. The summed E-state index contributed by atoms with van der Waals surface area (Å²) in [4.78, 5) is 6.25. The molecule has 100 valence electrons. The van der Waals surface area contributed by atoms with Gasteiger partial charge in [0.15, 0.2) is 0 Å². The van der Waals surface area contributed by atoms with Gasteiger partial charge in [0.05, 0.1) is 18.4 Å². The van der Waals surface area contributed by atoms with Crippen molar-refractivity contribution in [1.29, 1.82) is 0 Å². The Morgan fingerprint density at radius 1 is 1.05 bits per heavy atom. The topological polar surface area (TPSA) is 77.4 Å². The van der Waals surface area contributed by atoms with Crippen LogP contribution in [-0.2, 0) is 0 Å². The minimum Gasteiger partial charge on any atom is -0.492 e. The van der Waals surface area contributed by atoms with Crippen LogP contribution in [0.25, 0.3) is 0 Å². The van der Waals surface area contributed by atoms with E-state index in [0.717, 1.165) is 23.8 Å². The summed E-state index contributed by atoms with van der Waals surface area (Å²) < 4.78 is 5.63. The van der Waals surface area contributed by atoms with E-state index in [-0.39, 0.29) is 0 Å². The van der Waals surface area contributed by atoms with E-state index in [1.165, 1.54) is 0 Å². The third kappa shape index (κ3) is 3.77. The van der Waals surface area contributed by atoms with Crippen LogP contribution in [0.2, 0.25) is 0 Å². The van der Waals surface area contributed by atoms with Gasteiger partial charge >= 0.3 is 0 Å². The lowest BCUT2D eigenvalue weighted by molar-refractivity contribution is 0.325. The number of anilines is 3. The number of hydrogen-bond acceptors (Lipinski definition) is 5. The van der Waals surface area contributed by atoms with Crippen LogP contribution in [0.1, 0.15) is 0 Å².